The molecule has 21 heavy (non-hydrogen) atoms. The van der Waals surface area contributed by atoms with E-state index in [0.29, 0.717) is 12.0 Å². The van der Waals surface area contributed by atoms with Gasteiger partial charge in [-0.25, -0.2) is 4.39 Å². The molecule has 0 aliphatic rings. The Morgan fingerprint density at radius 1 is 1.05 bits per heavy atom. The molecule has 0 aliphatic carbocycles. The molecule has 0 aliphatic heterocycles. The van der Waals surface area contributed by atoms with Crippen LogP contribution in [0.3, 0.4) is 0 Å². The summed E-state index contributed by atoms with van der Waals surface area (Å²) in [4.78, 5) is 0. The van der Waals surface area contributed by atoms with Crippen LogP contribution in [0.15, 0.2) is 53.0 Å². The van der Waals surface area contributed by atoms with Crippen molar-refractivity contribution in [2.24, 2.45) is 0 Å². The Balaban J connectivity index is 2.19. The second-order valence-electron chi connectivity index (χ2n) is 5.61. The first-order valence-corrected chi connectivity index (χ1v) is 8.08. The van der Waals surface area contributed by atoms with Gasteiger partial charge in [0.1, 0.15) is 5.82 Å². The lowest BCUT2D eigenvalue weighted by Gasteiger charge is -2.21. The Hall–Kier alpha value is -1.19. The smallest absolute Gasteiger partial charge is 0.123 e. The van der Waals surface area contributed by atoms with E-state index in [2.05, 4.69) is 53.3 Å². The van der Waals surface area contributed by atoms with Crippen molar-refractivity contribution >= 4 is 15.9 Å². The number of halogens is 2. The van der Waals surface area contributed by atoms with E-state index in [-0.39, 0.29) is 5.82 Å². The quantitative estimate of drug-likeness (QED) is 0.780. The summed E-state index contributed by atoms with van der Waals surface area (Å²) in [5, 5.41) is 3.51. The zero-order valence-electron chi connectivity index (χ0n) is 12.4. The lowest BCUT2D eigenvalue weighted by atomic mass is 9.91. The molecule has 0 amide bonds. The van der Waals surface area contributed by atoms with E-state index in [9.17, 15) is 4.39 Å². The largest absolute Gasteiger partial charge is 0.314 e. The van der Waals surface area contributed by atoms with Crippen LogP contribution in [-0.4, -0.2) is 12.6 Å². The minimum absolute atomic E-state index is 0.184. The van der Waals surface area contributed by atoms with Gasteiger partial charge in [0.2, 0.25) is 0 Å². The van der Waals surface area contributed by atoms with Gasteiger partial charge in [0.25, 0.3) is 0 Å². The van der Waals surface area contributed by atoms with Crippen LogP contribution in [0.2, 0.25) is 0 Å². The average molecular weight is 350 g/mol. The summed E-state index contributed by atoms with van der Waals surface area (Å²) in [6.45, 7) is 5.20. The van der Waals surface area contributed by atoms with Gasteiger partial charge in [0, 0.05) is 23.0 Å². The third-order valence-corrected chi connectivity index (χ3v) is 4.24. The van der Waals surface area contributed by atoms with Crippen LogP contribution in [-0.2, 0) is 6.42 Å². The third-order valence-electron chi connectivity index (χ3n) is 3.51. The molecule has 1 atom stereocenters. The Labute approximate surface area is 134 Å². The maximum atomic E-state index is 13.0. The normalized spacial score (nSPS) is 12.6. The van der Waals surface area contributed by atoms with Crippen molar-refractivity contribution < 1.29 is 4.39 Å². The van der Waals surface area contributed by atoms with E-state index >= 15 is 0 Å². The van der Waals surface area contributed by atoms with Gasteiger partial charge in [-0.15, -0.1) is 0 Å². The first kappa shape index (κ1) is 16.2. The molecular formula is C18H21BrFN. The molecule has 2 aromatic rings. The van der Waals surface area contributed by atoms with Gasteiger partial charge in [-0.1, -0.05) is 60.1 Å². The predicted octanol–water partition coefficient (Wildman–Crippen LogP) is 4.91. The number of benzene rings is 2. The Morgan fingerprint density at radius 3 is 2.33 bits per heavy atom. The fraction of sp³-hybridized carbons (Fsp3) is 0.333. The van der Waals surface area contributed by atoms with Crippen molar-refractivity contribution in [3.8, 4) is 0 Å². The highest BCUT2D eigenvalue weighted by atomic mass is 79.9. The summed E-state index contributed by atoms with van der Waals surface area (Å²) >= 11 is 3.64. The summed E-state index contributed by atoms with van der Waals surface area (Å²) in [5.74, 6) is 0.171. The minimum Gasteiger partial charge on any atom is -0.314 e. The summed E-state index contributed by atoms with van der Waals surface area (Å²) in [6.07, 6.45) is 0.891. The molecule has 0 aromatic heterocycles. The minimum atomic E-state index is -0.184. The number of rotatable bonds is 6. The Morgan fingerprint density at radius 2 is 1.71 bits per heavy atom. The van der Waals surface area contributed by atoms with Crippen molar-refractivity contribution in [3.05, 3.63) is 69.9 Å². The van der Waals surface area contributed by atoms with Gasteiger partial charge >= 0.3 is 0 Å². The standard InChI is InChI=1S/C18H21BrFN/c1-13(2)21-12-15(17-5-3-4-6-18(17)19)11-14-7-9-16(20)10-8-14/h3-10,13,15,21H,11-12H2,1-2H3. The van der Waals surface area contributed by atoms with Crippen LogP contribution in [0.4, 0.5) is 4.39 Å². The van der Waals surface area contributed by atoms with E-state index in [4.69, 9.17) is 0 Å². The van der Waals surface area contributed by atoms with Crippen LogP contribution in [0.1, 0.15) is 30.9 Å². The van der Waals surface area contributed by atoms with E-state index in [1.807, 2.05) is 18.2 Å². The average Bonchev–Trinajstić information content (AvgIpc) is 2.46. The van der Waals surface area contributed by atoms with Crippen LogP contribution < -0.4 is 5.32 Å². The highest BCUT2D eigenvalue weighted by Gasteiger charge is 2.15. The SMILES string of the molecule is CC(C)NCC(Cc1ccc(F)cc1)c1ccccc1Br. The first-order valence-electron chi connectivity index (χ1n) is 7.28. The summed E-state index contributed by atoms with van der Waals surface area (Å²) in [5.41, 5.74) is 2.44. The summed E-state index contributed by atoms with van der Waals surface area (Å²) < 4.78 is 14.2. The summed E-state index contributed by atoms with van der Waals surface area (Å²) in [7, 11) is 0. The highest BCUT2D eigenvalue weighted by Crippen LogP contribution is 2.27. The number of hydrogen-bond acceptors (Lipinski definition) is 1. The second kappa shape index (κ2) is 7.71. The number of hydrogen-bond donors (Lipinski definition) is 1. The molecule has 3 heteroatoms. The van der Waals surface area contributed by atoms with Gasteiger partial charge in [-0.3, -0.25) is 0 Å². The molecule has 0 saturated heterocycles. The summed E-state index contributed by atoms with van der Waals surface area (Å²) in [6, 6.07) is 15.6. The van der Waals surface area contributed by atoms with Crippen molar-refractivity contribution in [3.63, 3.8) is 0 Å². The van der Waals surface area contributed by atoms with Gasteiger partial charge in [-0.2, -0.15) is 0 Å². The lowest BCUT2D eigenvalue weighted by Crippen LogP contribution is -2.29. The Kier molecular flexibility index (Phi) is 5.95. The molecule has 0 saturated carbocycles. The lowest BCUT2D eigenvalue weighted by molar-refractivity contribution is 0.525. The highest BCUT2D eigenvalue weighted by molar-refractivity contribution is 9.10. The van der Waals surface area contributed by atoms with Crippen LogP contribution in [0.5, 0.6) is 0 Å². The van der Waals surface area contributed by atoms with E-state index in [1.165, 1.54) is 17.7 Å². The molecule has 2 aromatic carbocycles. The monoisotopic (exact) mass is 349 g/mol. The third kappa shape index (κ3) is 4.94. The topological polar surface area (TPSA) is 12.0 Å². The van der Waals surface area contributed by atoms with Crippen LogP contribution in [0, 0.1) is 5.82 Å². The fourth-order valence-corrected chi connectivity index (χ4v) is 2.99. The molecular weight excluding hydrogens is 329 g/mol. The van der Waals surface area contributed by atoms with Gasteiger partial charge < -0.3 is 5.32 Å². The van der Waals surface area contributed by atoms with Gasteiger partial charge in [0.15, 0.2) is 0 Å². The second-order valence-corrected chi connectivity index (χ2v) is 6.47. The van der Waals surface area contributed by atoms with Crippen LogP contribution >= 0.6 is 15.9 Å². The van der Waals surface area contributed by atoms with Crippen molar-refractivity contribution in [1.29, 1.82) is 0 Å². The molecule has 0 spiro atoms. The van der Waals surface area contributed by atoms with E-state index in [1.54, 1.807) is 0 Å². The molecule has 0 heterocycles. The van der Waals surface area contributed by atoms with Crippen molar-refractivity contribution in [2.75, 3.05) is 6.54 Å². The molecule has 0 fully saturated rings. The maximum Gasteiger partial charge on any atom is 0.123 e. The zero-order chi connectivity index (χ0) is 15.2. The Bertz CT molecular complexity index is 566. The van der Waals surface area contributed by atoms with Crippen molar-refractivity contribution in [1.82, 2.24) is 5.32 Å². The maximum absolute atomic E-state index is 13.0. The van der Waals surface area contributed by atoms with E-state index < -0.39 is 0 Å². The molecule has 0 bridgehead atoms. The van der Waals surface area contributed by atoms with Gasteiger partial charge in [-0.05, 0) is 35.7 Å². The van der Waals surface area contributed by atoms with Gasteiger partial charge in [0.05, 0.1) is 0 Å². The fourth-order valence-electron chi connectivity index (χ4n) is 2.38. The predicted molar refractivity (Wildman–Crippen MR) is 90.1 cm³/mol. The first-order chi connectivity index (χ1) is 10.1. The van der Waals surface area contributed by atoms with Crippen LogP contribution in [0.25, 0.3) is 0 Å². The molecule has 112 valence electrons. The zero-order valence-corrected chi connectivity index (χ0v) is 14.0. The molecule has 1 unspecified atom stereocenters. The molecule has 2 rings (SSSR count). The van der Waals surface area contributed by atoms with E-state index in [0.717, 1.165) is 23.0 Å². The number of nitrogens with one attached hydrogen (secondary N) is 1. The molecule has 1 nitrogen and oxygen atoms in total. The van der Waals surface area contributed by atoms with Crippen molar-refractivity contribution in [2.45, 2.75) is 32.2 Å². The molecule has 1 N–H and O–H groups in total. The molecule has 0 radical (unpaired) electrons.